The second-order valence-electron chi connectivity index (χ2n) is 4.00. The molecule has 1 aromatic heterocycles. The summed E-state index contributed by atoms with van der Waals surface area (Å²) in [6.07, 6.45) is 4.97. The van der Waals surface area contributed by atoms with Crippen LogP contribution in [0.15, 0.2) is 4.42 Å². The lowest BCUT2D eigenvalue weighted by molar-refractivity contribution is 0.477. The lowest BCUT2D eigenvalue weighted by atomic mass is 10.1. The fraction of sp³-hybridized carbons (Fsp3) is 0.800. The molecule has 0 N–H and O–H groups in total. The molecule has 0 amide bonds. The lowest BCUT2D eigenvalue weighted by Crippen LogP contribution is -2.32. The van der Waals surface area contributed by atoms with Crippen molar-refractivity contribution in [2.75, 3.05) is 11.4 Å². The molecule has 0 spiro atoms. The predicted molar refractivity (Wildman–Crippen MR) is 59.1 cm³/mol. The second kappa shape index (κ2) is 4.84. The number of halogens is 1. The third-order valence-electron chi connectivity index (χ3n) is 2.87. The van der Waals surface area contributed by atoms with Crippen molar-refractivity contribution in [3.63, 3.8) is 0 Å². The first-order valence-corrected chi connectivity index (χ1v) is 5.99. The molecule has 2 heterocycles. The molecule has 1 aliphatic heterocycles. The van der Waals surface area contributed by atoms with Crippen LogP contribution in [0, 0.1) is 0 Å². The Morgan fingerprint density at radius 1 is 1.40 bits per heavy atom. The van der Waals surface area contributed by atoms with Crippen molar-refractivity contribution >= 4 is 17.6 Å². The Morgan fingerprint density at radius 3 is 3.00 bits per heavy atom. The van der Waals surface area contributed by atoms with Crippen LogP contribution in [-0.4, -0.2) is 22.8 Å². The van der Waals surface area contributed by atoms with Gasteiger partial charge in [0.15, 0.2) is 0 Å². The largest absolute Gasteiger partial charge is 0.407 e. The number of hydrogen-bond acceptors (Lipinski definition) is 4. The zero-order chi connectivity index (χ0) is 10.7. The van der Waals surface area contributed by atoms with Gasteiger partial charge in [-0.2, -0.15) is 0 Å². The third-order valence-corrected chi connectivity index (χ3v) is 3.10. The summed E-state index contributed by atoms with van der Waals surface area (Å²) < 4.78 is 5.47. The van der Waals surface area contributed by atoms with Gasteiger partial charge in [0.1, 0.15) is 5.88 Å². The van der Waals surface area contributed by atoms with Crippen molar-refractivity contribution in [3.05, 3.63) is 5.89 Å². The zero-order valence-corrected chi connectivity index (χ0v) is 9.70. The molecule has 5 heteroatoms. The van der Waals surface area contributed by atoms with Gasteiger partial charge >= 0.3 is 6.01 Å². The first kappa shape index (κ1) is 10.7. The van der Waals surface area contributed by atoms with Crippen LogP contribution >= 0.6 is 11.6 Å². The number of alkyl halides is 1. The van der Waals surface area contributed by atoms with Gasteiger partial charge in [-0.05, 0) is 19.8 Å². The minimum absolute atomic E-state index is 0.287. The van der Waals surface area contributed by atoms with E-state index in [1.165, 1.54) is 25.7 Å². The SMILES string of the molecule is CC1CCCCCN1c1nnc(CCl)o1. The van der Waals surface area contributed by atoms with Crippen LogP contribution in [0.25, 0.3) is 0 Å². The molecule has 1 saturated heterocycles. The van der Waals surface area contributed by atoms with Gasteiger partial charge in [-0.1, -0.05) is 17.9 Å². The van der Waals surface area contributed by atoms with E-state index in [1.807, 2.05) is 0 Å². The van der Waals surface area contributed by atoms with Crippen molar-refractivity contribution in [2.24, 2.45) is 0 Å². The van der Waals surface area contributed by atoms with Crippen molar-refractivity contribution in [3.8, 4) is 0 Å². The summed E-state index contributed by atoms with van der Waals surface area (Å²) in [7, 11) is 0. The number of anilines is 1. The molecule has 15 heavy (non-hydrogen) atoms. The summed E-state index contributed by atoms with van der Waals surface area (Å²) in [6.45, 7) is 3.21. The summed E-state index contributed by atoms with van der Waals surface area (Å²) in [5.74, 6) is 0.790. The van der Waals surface area contributed by atoms with Crippen LogP contribution in [-0.2, 0) is 5.88 Å². The Morgan fingerprint density at radius 2 is 2.27 bits per heavy atom. The maximum Gasteiger partial charge on any atom is 0.318 e. The third kappa shape index (κ3) is 2.43. The Balaban J connectivity index is 2.12. The molecule has 0 radical (unpaired) electrons. The van der Waals surface area contributed by atoms with Gasteiger partial charge in [0.05, 0.1) is 0 Å². The second-order valence-corrected chi connectivity index (χ2v) is 4.27. The van der Waals surface area contributed by atoms with E-state index >= 15 is 0 Å². The topological polar surface area (TPSA) is 42.2 Å². The monoisotopic (exact) mass is 229 g/mol. The molecule has 1 fully saturated rings. The highest BCUT2D eigenvalue weighted by molar-refractivity contribution is 6.16. The highest BCUT2D eigenvalue weighted by atomic mass is 35.5. The molecule has 0 aliphatic carbocycles. The minimum atomic E-state index is 0.287. The van der Waals surface area contributed by atoms with Gasteiger partial charge in [-0.15, -0.1) is 16.7 Å². The van der Waals surface area contributed by atoms with E-state index in [2.05, 4.69) is 22.0 Å². The number of nitrogens with zero attached hydrogens (tertiary/aromatic N) is 3. The van der Waals surface area contributed by atoms with Crippen LogP contribution in [0.3, 0.4) is 0 Å². The summed E-state index contributed by atoms with van der Waals surface area (Å²) >= 11 is 5.63. The van der Waals surface area contributed by atoms with Crippen molar-refractivity contribution < 1.29 is 4.42 Å². The van der Waals surface area contributed by atoms with Gasteiger partial charge < -0.3 is 9.32 Å². The fourth-order valence-electron chi connectivity index (χ4n) is 1.97. The summed E-state index contributed by atoms with van der Waals surface area (Å²) in [5, 5.41) is 7.91. The molecule has 0 aromatic carbocycles. The minimum Gasteiger partial charge on any atom is -0.407 e. The Bertz CT molecular complexity index is 315. The van der Waals surface area contributed by atoms with Crippen LogP contribution in [0.4, 0.5) is 6.01 Å². The molecular weight excluding hydrogens is 214 g/mol. The standard InChI is InChI=1S/C10H16ClN3O/c1-8-5-3-2-4-6-14(8)10-13-12-9(7-11)15-10/h8H,2-7H2,1H3. The summed E-state index contributed by atoms with van der Waals surface area (Å²) in [4.78, 5) is 2.19. The van der Waals surface area contributed by atoms with Gasteiger partial charge in [0.2, 0.25) is 5.89 Å². The molecular formula is C10H16ClN3O. The zero-order valence-electron chi connectivity index (χ0n) is 8.95. The molecule has 2 rings (SSSR count). The van der Waals surface area contributed by atoms with Gasteiger partial charge in [0.25, 0.3) is 0 Å². The highest BCUT2D eigenvalue weighted by Crippen LogP contribution is 2.22. The first-order chi connectivity index (χ1) is 7.31. The molecule has 84 valence electrons. The van der Waals surface area contributed by atoms with Crippen LogP contribution in [0.5, 0.6) is 0 Å². The predicted octanol–water partition coefficient (Wildman–Crippen LogP) is 2.58. The van der Waals surface area contributed by atoms with Crippen LogP contribution in [0.1, 0.15) is 38.5 Å². The van der Waals surface area contributed by atoms with Crippen LogP contribution in [0.2, 0.25) is 0 Å². The maximum atomic E-state index is 5.63. The highest BCUT2D eigenvalue weighted by Gasteiger charge is 2.21. The van der Waals surface area contributed by atoms with Crippen molar-refractivity contribution in [2.45, 2.75) is 44.5 Å². The van der Waals surface area contributed by atoms with E-state index in [0.29, 0.717) is 17.9 Å². The normalized spacial score (nSPS) is 22.8. The number of aromatic nitrogens is 2. The average molecular weight is 230 g/mol. The van der Waals surface area contributed by atoms with E-state index < -0.39 is 0 Å². The Hall–Kier alpha value is -0.770. The molecule has 0 saturated carbocycles. The first-order valence-electron chi connectivity index (χ1n) is 5.46. The Labute approximate surface area is 94.6 Å². The fourth-order valence-corrected chi connectivity index (χ4v) is 2.08. The summed E-state index contributed by atoms with van der Waals surface area (Å²) in [5.41, 5.74) is 0. The van der Waals surface area contributed by atoms with Crippen molar-refractivity contribution in [1.82, 2.24) is 10.2 Å². The molecule has 1 atom stereocenters. The molecule has 1 aliphatic rings. The van der Waals surface area contributed by atoms with E-state index in [4.69, 9.17) is 16.0 Å². The smallest absolute Gasteiger partial charge is 0.318 e. The van der Waals surface area contributed by atoms with Crippen LogP contribution < -0.4 is 4.90 Å². The average Bonchev–Trinajstić information content (AvgIpc) is 2.62. The van der Waals surface area contributed by atoms with Crippen molar-refractivity contribution in [1.29, 1.82) is 0 Å². The van der Waals surface area contributed by atoms with Gasteiger partial charge in [-0.3, -0.25) is 0 Å². The Kier molecular flexibility index (Phi) is 3.46. The molecule has 1 aromatic rings. The van der Waals surface area contributed by atoms with E-state index in [1.54, 1.807) is 0 Å². The molecule has 0 bridgehead atoms. The van der Waals surface area contributed by atoms with E-state index in [0.717, 1.165) is 6.54 Å². The molecule has 4 nitrogen and oxygen atoms in total. The summed E-state index contributed by atoms with van der Waals surface area (Å²) in [6, 6.07) is 1.11. The number of hydrogen-bond donors (Lipinski definition) is 0. The molecule has 1 unspecified atom stereocenters. The quantitative estimate of drug-likeness (QED) is 0.731. The lowest BCUT2D eigenvalue weighted by Gasteiger charge is -2.24. The maximum absolute atomic E-state index is 5.63. The van der Waals surface area contributed by atoms with E-state index in [-0.39, 0.29) is 5.88 Å². The van der Waals surface area contributed by atoms with Gasteiger partial charge in [0, 0.05) is 12.6 Å². The van der Waals surface area contributed by atoms with E-state index in [9.17, 15) is 0 Å². The number of rotatable bonds is 2. The van der Waals surface area contributed by atoms with Gasteiger partial charge in [-0.25, -0.2) is 0 Å².